The van der Waals surface area contributed by atoms with Gasteiger partial charge in [0.1, 0.15) is 6.61 Å². The van der Waals surface area contributed by atoms with Gasteiger partial charge in [-0.2, -0.15) is 4.31 Å². The molecule has 1 saturated carbocycles. The number of nitrogens with one attached hydrogen (secondary N) is 1. The smallest absolute Gasteiger partial charge is 0.246 e. The lowest BCUT2D eigenvalue weighted by Crippen LogP contribution is -2.34. The van der Waals surface area contributed by atoms with Crippen molar-refractivity contribution in [2.45, 2.75) is 62.5 Å². The number of hydrogen-bond acceptors (Lipinski definition) is 6. The van der Waals surface area contributed by atoms with Crippen molar-refractivity contribution in [1.29, 1.82) is 0 Å². The topological polar surface area (TPSA) is 78.9 Å². The third-order valence-corrected chi connectivity index (χ3v) is 10.6. The van der Waals surface area contributed by atoms with Crippen molar-refractivity contribution in [3.8, 4) is 0 Å². The van der Waals surface area contributed by atoms with E-state index >= 15 is 0 Å². The maximum Gasteiger partial charge on any atom is 0.246 e. The van der Waals surface area contributed by atoms with Gasteiger partial charge in [0.15, 0.2) is 0 Å². The van der Waals surface area contributed by atoms with Gasteiger partial charge in [0.05, 0.1) is 11.0 Å². The molecule has 1 N–H and O–H groups in total. The summed E-state index contributed by atoms with van der Waals surface area (Å²) in [5.74, 6) is 1.21. The van der Waals surface area contributed by atoms with Gasteiger partial charge in [-0.15, -0.1) is 11.3 Å². The molecule has 1 aromatic heterocycles. The van der Waals surface area contributed by atoms with Crippen LogP contribution in [0.1, 0.15) is 55.0 Å². The minimum atomic E-state index is -3.53. The lowest BCUT2D eigenvalue weighted by molar-refractivity contribution is -0.127. The van der Waals surface area contributed by atoms with Crippen molar-refractivity contribution < 1.29 is 17.9 Å². The molecular weight excluding hydrogens is 506 g/mol. The Bertz CT molecular complexity index is 1090. The summed E-state index contributed by atoms with van der Waals surface area (Å²) in [6.45, 7) is 3.26. The number of amides is 1. The molecule has 9 heteroatoms. The Morgan fingerprint density at radius 1 is 1.14 bits per heavy atom. The molecule has 4 rings (SSSR count). The minimum Gasteiger partial charge on any atom is -0.367 e. The Balaban J connectivity index is 1.13. The molecule has 1 amide bonds. The number of rotatable bonds is 11. The molecule has 2 atom stereocenters. The zero-order chi connectivity index (χ0) is 26.4. The van der Waals surface area contributed by atoms with E-state index < -0.39 is 10.0 Å². The van der Waals surface area contributed by atoms with Crippen LogP contribution in [0.2, 0.25) is 0 Å². The van der Waals surface area contributed by atoms with Crippen LogP contribution in [-0.4, -0.2) is 70.0 Å². The molecule has 204 valence electrons. The fraction of sp³-hybridized carbons (Fsp3) is 0.607. The number of ether oxygens (including phenoxy) is 1. The molecule has 0 bridgehead atoms. The molecule has 7 nitrogen and oxygen atoms in total. The van der Waals surface area contributed by atoms with Crippen LogP contribution in [0.15, 0.2) is 46.7 Å². The molecule has 1 aromatic carbocycles. The number of hydrogen-bond donors (Lipinski definition) is 1. The summed E-state index contributed by atoms with van der Waals surface area (Å²) in [7, 11) is 0.831. The molecular formula is C28H41N3O4S2. The van der Waals surface area contributed by atoms with Crippen LogP contribution >= 0.6 is 11.3 Å². The number of nitrogens with zero attached hydrogens (tertiary/aromatic N) is 2. The van der Waals surface area contributed by atoms with Gasteiger partial charge in [0.25, 0.3) is 0 Å². The van der Waals surface area contributed by atoms with E-state index in [0.29, 0.717) is 42.3 Å². The number of thiophene rings is 1. The lowest BCUT2D eigenvalue weighted by atomic mass is 9.76. The van der Waals surface area contributed by atoms with Crippen LogP contribution in [0.25, 0.3) is 0 Å². The fourth-order valence-electron chi connectivity index (χ4n) is 5.73. The molecule has 0 spiro atoms. The Labute approximate surface area is 226 Å². The third kappa shape index (κ3) is 7.41. The van der Waals surface area contributed by atoms with Gasteiger partial charge in [-0.3, -0.25) is 4.79 Å². The summed E-state index contributed by atoms with van der Waals surface area (Å²) < 4.78 is 32.9. The Morgan fingerprint density at radius 3 is 2.51 bits per heavy atom. The first-order valence-electron chi connectivity index (χ1n) is 13.4. The van der Waals surface area contributed by atoms with Crippen molar-refractivity contribution >= 4 is 27.3 Å². The maximum atomic E-state index is 12.9. The predicted octanol–water partition coefficient (Wildman–Crippen LogP) is 4.45. The predicted molar refractivity (Wildman–Crippen MR) is 148 cm³/mol. The van der Waals surface area contributed by atoms with Crippen molar-refractivity contribution in [2.75, 3.05) is 40.3 Å². The first-order chi connectivity index (χ1) is 17.7. The van der Waals surface area contributed by atoms with Gasteiger partial charge in [0, 0.05) is 30.6 Å². The molecule has 0 radical (unpaired) electrons. The Hall–Kier alpha value is -1.78. The molecule has 2 aliphatic rings. The van der Waals surface area contributed by atoms with E-state index in [1.165, 1.54) is 34.9 Å². The average molecular weight is 548 g/mol. The number of benzene rings is 1. The zero-order valence-electron chi connectivity index (χ0n) is 22.3. The van der Waals surface area contributed by atoms with E-state index in [9.17, 15) is 13.2 Å². The van der Waals surface area contributed by atoms with Crippen molar-refractivity contribution in [1.82, 2.24) is 14.5 Å². The summed E-state index contributed by atoms with van der Waals surface area (Å²) in [6.07, 6.45) is 6.21. The first kappa shape index (κ1) is 28.2. The van der Waals surface area contributed by atoms with E-state index in [2.05, 4.69) is 41.8 Å². The van der Waals surface area contributed by atoms with Crippen molar-refractivity contribution in [2.24, 2.45) is 11.8 Å². The second kappa shape index (κ2) is 12.8. The van der Waals surface area contributed by atoms with Crippen molar-refractivity contribution in [3.63, 3.8) is 0 Å². The molecule has 2 aromatic rings. The summed E-state index contributed by atoms with van der Waals surface area (Å²) >= 11 is 1.85. The van der Waals surface area contributed by atoms with Crippen LogP contribution in [0.5, 0.6) is 0 Å². The van der Waals surface area contributed by atoms with Gasteiger partial charge in [-0.25, -0.2) is 8.42 Å². The van der Waals surface area contributed by atoms with Crippen molar-refractivity contribution in [3.05, 3.63) is 52.2 Å². The maximum absolute atomic E-state index is 12.9. The van der Waals surface area contributed by atoms with E-state index in [1.54, 1.807) is 24.3 Å². The van der Waals surface area contributed by atoms with E-state index in [0.717, 1.165) is 12.0 Å². The molecule has 2 fully saturated rings. The monoisotopic (exact) mass is 547 g/mol. The fourth-order valence-corrected chi connectivity index (χ4v) is 8.23. The number of sulfonamides is 1. The van der Waals surface area contributed by atoms with E-state index in [1.807, 2.05) is 18.3 Å². The van der Waals surface area contributed by atoms with Crippen LogP contribution in [0.3, 0.4) is 0 Å². The average Bonchev–Trinajstić information content (AvgIpc) is 3.57. The molecule has 37 heavy (non-hydrogen) atoms. The van der Waals surface area contributed by atoms with Gasteiger partial charge < -0.3 is 15.0 Å². The molecule has 2 heterocycles. The van der Waals surface area contributed by atoms with Gasteiger partial charge >= 0.3 is 0 Å². The highest BCUT2D eigenvalue weighted by molar-refractivity contribution is 7.89. The van der Waals surface area contributed by atoms with Crippen LogP contribution in [-0.2, 0) is 19.6 Å². The SMILES string of the molecule is Cc1ccc(S(=O)(=O)N2CCC(OCC(=O)NCCC3CCC(C(c4cccs4)N(C)C)CC3)C2)cc1. The second-order valence-corrected chi connectivity index (χ2v) is 13.7. The molecule has 1 aliphatic carbocycles. The normalized spacial score (nSPS) is 23.8. The van der Waals surface area contributed by atoms with Gasteiger partial charge in [-0.05, 0) is 82.1 Å². The third-order valence-electron chi connectivity index (χ3n) is 7.82. The largest absolute Gasteiger partial charge is 0.367 e. The summed E-state index contributed by atoms with van der Waals surface area (Å²) in [6, 6.07) is 11.8. The number of aryl methyl sites for hydroxylation is 1. The van der Waals surface area contributed by atoms with Crippen LogP contribution < -0.4 is 5.32 Å². The van der Waals surface area contributed by atoms with Crippen LogP contribution in [0, 0.1) is 18.8 Å². The molecule has 1 aliphatic heterocycles. The zero-order valence-corrected chi connectivity index (χ0v) is 23.9. The summed E-state index contributed by atoms with van der Waals surface area (Å²) in [4.78, 5) is 16.5. The van der Waals surface area contributed by atoms with E-state index in [4.69, 9.17) is 4.74 Å². The quantitative estimate of drug-likeness (QED) is 0.450. The number of carbonyl (C=O) groups is 1. The second-order valence-electron chi connectivity index (χ2n) is 10.7. The van der Waals surface area contributed by atoms with Crippen LogP contribution in [0.4, 0.5) is 0 Å². The highest BCUT2D eigenvalue weighted by atomic mass is 32.2. The van der Waals surface area contributed by atoms with Gasteiger partial charge in [0.2, 0.25) is 15.9 Å². The molecule has 1 saturated heterocycles. The highest BCUT2D eigenvalue weighted by Gasteiger charge is 2.33. The summed E-state index contributed by atoms with van der Waals surface area (Å²) in [5.41, 5.74) is 1.02. The first-order valence-corrected chi connectivity index (χ1v) is 15.7. The number of carbonyl (C=O) groups excluding carboxylic acids is 1. The Kier molecular flexibility index (Phi) is 9.80. The lowest BCUT2D eigenvalue weighted by Gasteiger charge is -2.37. The van der Waals surface area contributed by atoms with E-state index in [-0.39, 0.29) is 25.2 Å². The molecule has 2 unspecified atom stereocenters. The van der Waals surface area contributed by atoms with Gasteiger partial charge in [-0.1, -0.05) is 36.6 Å². The Morgan fingerprint density at radius 2 is 1.86 bits per heavy atom. The highest BCUT2D eigenvalue weighted by Crippen LogP contribution is 2.41. The standard InChI is InChI=1S/C28H41N3O4S2/c1-21-6-12-25(13-7-21)37(33,34)31-17-15-24(19-31)35-20-27(32)29-16-14-22-8-10-23(11-9-22)28(30(2)3)26-5-4-18-36-26/h4-7,12-13,18,22-24,28H,8-11,14-17,19-20H2,1-3H3,(H,29,32). The minimum absolute atomic E-state index is 0.0266. The summed E-state index contributed by atoms with van der Waals surface area (Å²) in [5, 5.41) is 5.17.